The second-order valence-electron chi connectivity index (χ2n) is 9.03. The molecule has 6 heteroatoms. The van der Waals surface area contributed by atoms with Crippen molar-refractivity contribution in [2.75, 3.05) is 6.61 Å². The third-order valence-corrected chi connectivity index (χ3v) is 6.00. The highest BCUT2D eigenvalue weighted by Gasteiger charge is 2.66. The molecule has 4 rings (SSSR count). The molecule has 154 valence electrons. The third-order valence-electron chi connectivity index (χ3n) is 6.00. The maximum Gasteiger partial charge on any atom is 0.326 e. The zero-order valence-electron chi connectivity index (χ0n) is 17.3. The maximum absolute atomic E-state index is 13.9. The summed E-state index contributed by atoms with van der Waals surface area (Å²) in [5.74, 6) is -1.46. The van der Waals surface area contributed by atoms with Gasteiger partial charge in [-0.2, -0.15) is 0 Å². The van der Waals surface area contributed by atoms with Crippen LogP contribution in [0, 0.1) is 11.3 Å². The van der Waals surface area contributed by atoms with Crippen LogP contribution in [0.2, 0.25) is 0 Å². The van der Waals surface area contributed by atoms with Crippen molar-refractivity contribution >= 4 is 17.7 Å². The first-order valence-electron chi connectivity index (χ1n) is 10.2. The number of amides is 1. The van der Waals surface area contributed by atoms with E-state index in [-0.39, 0.29) is 30.1 Å². The lowest BCUT2D eigenvalue weighted by molar-refractivity contribution is -0.180. The number of allylic oxidation sites excluding steroid dienone is 1. The van der Waals surface area contributed by atoms with E-state index < -0.39 is 23.2 Å². The molecule has 2 saturated heterocycles. The molecular weight excluding hydrogens is 370 g/mol. The minimum Gasteiger partial charge on any atom is -0.459 e. The summed E-state index contributed by atoms with van der Waals surface area (Å²) in [5, 5.41) is 0. The van der Waals surface area contributed by atoms with E-state index in [1.54, 1.807) is 25.7 Å². The molecule has 4 atom stereocenters. The summed E-state index contributed by atoms with van der Waals surface area (Å²) >= 11 is 0. The molecule has 2 fully saturated rings. The number of benzene rings is 1. The summed E-state index contributed by atoms with van der Waals surface area (Å²) in [6, 6.07) is 9.37. The molecule has 29 heavy (non-hydrogen) atoms. The number of carbonyl (C=O) groups excluding carboxylic acids is 3. The number of ether oxygens (including phenoxy) is 2. The smallest absolute Gasteiger partial charge is 0.326 e. The number of rotatable bonds is 3. The number of piperidine rings is 1. The van der Waals surface area contributed by atoms with E-state index in [1.807, 2.05) is 37.3 Å². The van der Waals surface area contributed by atoms with Gasteiger partial charge in [-0.15, -0.1) is 0 Å². The Kier molecular flexibility index (Phi) is 4.65. The highest BCUT2D eigenvalue weighted by Crippen LogP contribution is 2.54. The van der Waals surface area contributed by atoms with E-state index in [2.05, 4.69) is 0 Å². The monoisotopic (exact) mass is 397 g/mol. The van der Waals surface area contributed by atoms with Gasteiger partial charge in [-0.1, -0.05) is 37.3 Å². The Bertz CT molecular complexity index is 884. The number of hydrogen-bond acceptors (Lipinski definition) is 5. The molecule has 1 aromatic rings. The zero-order chi connectivity index (χ0) is 21.0. The quantitative estimate of drug-likeness (QED) is 0.579. The van der Waals surface area contributed by atoms with Gasteiger partial charge < -0.3 is 14.4 Å². The van der Waals surface area contributed by atoms with E-state index in [0.717, 1.165) is 5.56 Å². The normalized spacial score (nSPS) is 31.4. The standard InChI is InChI=1S/C23H27NO5/c1-5-16-17-11-15(25)12-23(17,21(27)29-22(2,3)4)20(26)24-18(13-28-19(16)24)14-9-7-6-8-10-14/h6-11,16,18-19H,5,12-13H2,1-4H3/t16-,18-,19+,23+/m0/s1. The van der Waals surface area contributed by atoms with Gasteiger partial charge in [0.2, 0.25) is 5.91 Å². The van der Waals surface area contributed by atoms with Gasteiger partial charge in [-0.3, -0.25) is 14.4 Å². The van der Waals surface area contributed by atoms with Crippen LogP contribution in [0.3, 0.4) is 0 Å². The summed E-state index contributed by atoms with van der Waals surface area (Å²) in [6.45, 7) is 7.65. The fourth-order valence-corrected chi connectivity index (χ4v) is 4.80. The van der Waals surface area contributed by atoms with Crippen molar-refractivity contribution in [2.24, 2.45) is 11.3 Å². The first kappa shape index (κ1) is 19.8. The number of hydrogen-bond donors (Lipinski definition) is 0. The van der Waals surface area contributed by atoms with Gasteiger partial charge in [-0.05, 0) is 44.4 Å². The predicted molar refractivity (Wildman–Crippen MR) is 106 cm³/mol. The van der Waals surface area contributed by atoms with Crippen LogP contribution in [0.15, 0.2) is 42.0 Å². The fourth-order valence-electron chi connectivity index (χ4n) is 4.80. The average molecular weight is 397 g/mol. The van der Waals surface area contributed by atoms with E-state index in [0.29, 0.717) is 18.6 Å². The van der Waals surface area contributed by atoms with Crippen molar-refractivity contribution in [2.45, 2.75) is 58.4 Å². The van der Waals surface area contributed by atoms with Crippen LogP contribution < -0.4 is 0 Å². The molecule has 0 spiro atoms. The second-order valence-corrected chi connectivity index (χ2v) is 9.03. The maximum atomic E-state index is 13.9. The largest absolute Gasteiger partial charge is 0.459 e. The molecular formula is C23H27NO5. The predicted octanol–water partition coefficient (Wildman–Crippen LogP) is 3.18. The highest BCUT2D eigenvalue weighted by atomic mass is 16.6. The lowest BCUT2D eigenvalue weighted by Crippen LogP contribution is -2.60. The van der Waals surface area contributed by atoms with Crippen molar-refractivity contribution in [1.29, 1.82) is 0 Å². The van der Waals surface area contributed by atoms with E-state index in [4.69, 9.17) is 9.47 Å². The molecule has 0 aromatic heterocycles. The molecule has 2 aliphatic heterocycles. The molecule has 6 nitrogen and oxygen atoms in total. The second kappa shape index (κ2) is 6.80. The van der Waals surface area contributed by atoms with Crippen molar-refractivity contribution < 1.29 is 23.9 Å². The average Bonchev–Trinajstić information content (AvgIpc) is 3.24. The molecule has 1 aromatic carbocycles. The summed E-state index contributed by atoms with van der Waals surface area (Å²) < 4.78 is 11.7. The zero-order valence-corrected chi connectivity index (χ0v) is 17.3. The van der Waals surface area contributed by atoms with Crippen molar-refractivity contribution in [3.63, 3.8) is 0 Å². The summed E-state index contributed by atoms with van der Waals surface area (Å²) in [7, 11) is 0. The molecule has 0 saturated carbocycles. The molecule has 3 aliphatic rings. The molecule has 1 amide bonds. The molecule has 2 heterocycles. The van der Waals surface area contributed by atoms with Crippen LogP contribution in [0.5, 0.6) is 0 Å². The Morgan fingerprint density at radius 1 is 1.24 bits per heavy atom. The van der Waals surface area contributed by atoms with Crippen LogP contribution in [-0.2, 0) is 23.9 Å². The van der Waals surface area contributed by atoms with Crippen LogP contribution in [-0.4, -0.2) is 41.0 Å². The lowest BCUT2D eigenvalue weighted by Gasteiger charge is -2.46. The SMILES string of the molecule is CC[C@H]1C2=CC(=O)C[C@]2(C(=O)OC(C)(C)C)C(=O)N2[C@@H]1OC[C@H]2c1ccccc1. The first-order chi connectivity index (χ1) is 13.7. The minimum atomic E-state index is -1.58. The lowest BCUT2D eigenvalue weighted by atomic mass is 9.69. The summed E-state index contributed by atoms with van der Waals surface area (Å²) in [6.07, 6.45) is 1.48. The Balaban J connectivity index is 1.82. The molecule has 0 radical (unpaired) electrons. The van der Waals surface area contributed by atoms with Crippen molar-refractivity contribution in [3.05, 3.63) is 47.5 Å². The van der Waals surface area contributed by atoms with Gasteiger partial charge in [0.25, 0.3) is 0 Å². The van der Waals surface area contributed by atoms with Gasteiger partial charge >= 0.3 is 5.97 Å². The Hall–Kier alpha value is -2.47. The first-order valence-corrected chi connectivity index (χ1v) is 10.2. The van der Waals surface area contributed by atoms with Gasteiger partial charge in [0.1, 0.15) is 11.8 Å². The molecule has 1 aliphatic carbocycles. The number of carbonyl (C=O) groups is 3. The third kappa shape index (κ3) is 3.01. The van der Waals surface area contributed by atoms with Crippen LogP contribution in [0.4, 0.5) is 0 Å². The van der Waals surface area contributed by atoms with Crippen molar-refractivity contribution in [1.82, 2.24) is 4.90 Å². The molecule has 0 bridgehead atoms. The molecule has 0 N–H and O–H groups in total. The van der Waals surface area contributed by atoms with Gasteiger partial charge in [0.15, 0.2) is 11.2 Å². The minimum absolute atomic E-state index is 0.169. The van der Waals surface area contributed by atoms with Crippen LogP contribution in [0.1, 0.15) is 52.1 Å². The van der Waals surface area contributed by atoms with E-state index in [9.17, 15) is 14.4 Å². The van der Waals surface area contributed by atoms with Gasteiger partial charge in [0.05, 0.1) is 12.6 Å². The number of esters is 1. The summed E-state index contributed by atoms with van der Waals surface area (Å²) in [4.78, 5) is 41.4. The fraction of sp³-hybridized carbons (Fsp3) is 0.522. The van der Waals surface area contributed by atoms with Crippen molar-refractivity contribution in [3.8, 4) is 0 Å². The number of fused-ring (bicyclic) bond motifs is 2. The van der Waals surface area contributed by atoms with Crippen LogP contribution in [0.25, 0.3) is 0 Å². The van der Waals surface area contributed by atoms with E-state index >= 15 is 0 Å². The Labute approximate surface area is 170 Å². The topological polar surface area (TPSA) is 72.9 Å². The number of nitrogens with zero attached hydrogens (tertiary/aromatic N) is 1. The Morgan fingerprint density at radius 3 is 2.55 bits per heavy atom. The van der Waals surface area contributed by atoms with Gasteiger partial charge in [0, 0.05) is 12.3 Å². The summed E-state index contributed by atoms with van der Waals surface area (Å²) in [5.41, 5.74) is -0.835. The number of ketones is 1. The Morgan fingerprint density at radius 2 is 1.93 bits per heavy atom. The molecule has 0 unspecified atom stereocenters. The highest BCUT2D eigenvalue weighted by molar-refractivity contribution is 6.15. The van der Waals surface area contributed by atoms with E-state index in [1.165, 1.54) is 6.08 Å². The van der Waals surface area contributed by atoms with Gasteiger partial charge in [-0.25, -0.2) is 0 Å². The van der Waals surface area contributed by atoms with Crippen LogP contribution >= 0.6 is 0 Å².